The van der Waals surface area contributed by atoms with Gasteiger partial charge in [-0.05, 0) is 71.8 Å². The lowest BCUT2D eigenvalue weighted by Gasteiger charge is -2.35. The predicted molar refractivity (Wildman–Crippen MR) is 226 cm³/mol. The summed E-state index contributed by atoms with van der Waals surface area (Å²) in [6.45, 7) is 4.58. The Balaban J connectivity index is 1.02. The van der Waals surface area contributed by atoms with Gasteiger partial charge in [-0.2, -0.15) is 0 Å². The number of furan rings is 1. The Morgan fingerprint density at radius 2 is 1.04 bits per heavy atom. The van der Waals surface area contributed by atoms with Gasteiger partial charge >= 0.3 is 0 Å². The van der Waals surface area contributed by atoms with Crippen LogP contribution < -0.4 is 4.74 Å². The van der Waals surface area contributed by atoms with E-state index < -0.39 is 0 Å². The van der Waals surface area contributed by atoms with Crippen LogP contribution in [0, 0.1) is 0 Å². The maximum absolute atomic E-state index is 6.96. The molecular weight excluding hydrogens is 673 g/mol. The topological polar surface area (TPSA) is 32.2 Å². The highest BCUT2D eigenvalue weighted by atomic mass is 16.5. The molecule has 1 aliphatic heterocycles. The highest BCUT2D eigenvalue weighted by molar-refractivity contribution is 6.13. The molecule has 4 heteroatoms. The Bertz CT molecular complexity index is 3380. The van der Waals surface area contributed by atoms with E-state index in [2.05, 4.69) is 181 Å². The van der Waals surface area contributed by atoms with E-state index in [9.17, 15) is 0 Å². The van der Waals surface area contributed by atoms with Crippen LogP contribution in [-0.4, -0.2) is 9.13 Å². The summed E-state index contributed by atoms with van der Waals surface area (Å²) in [6.07, 6.45) is 0. The van der Waals surface area contributed by atoms with Gasteiger partial charge in [0.25, 0.3) is 0 Å². The number of nitrogens with zero attached hydrogens (tertiary/aromatic N) is 2. The molecule has 0 aliphatic carbocycles. The largest absolute Gasteiger partial charge is 0.456 e. The van der Waals surface area contributed by atoms with Crippen molar-refractivity contribution in [3.05, 3.63) is 181 Å². The van der Waals surface area contributed by atoms with Gasteiger partial charge in [-0.3, -0.25) is 0 Å². The molecule has 0 amide bonds. The molecule has 0 spiro atoms. The van der Waals surface area contributed by atoms with E-state index >= 15 is 0 Å². The molecule has 0 N–H and O–H groups in total. The van der Waals surface area contributed by atoms with Crippen LogP contribution >= 0.6 is 0 Å². The summed E-state index contributed by atoms with van der Waals surface area (Å²) in [5.41, 5.74) is 13.1. The molecule has 260 valence electrons. The van der Waals surface area contributed by atoms with E-state index in [0.717, 1.165) is 55.8 Å². The lowest BCUT2D eigenvalue weighted by Crippen LogP contribution is -2.24. The SMILES string of the molecule is CC1(C)c2ccc(-n3c4ccccc4c4cc(-c5ccc6c7ccccc7n(-c7ccccc7)c6c5)ccc43)cc2Oc2c1ccc1oc3ccccc3c21. The molecule has 1 aliphatic rings. The van der Waals surface area contributed by atoms with Crippen LogP contribution in [0.25, 0.3) is 88.1 Å². The fourth-order valence-electron chi connectivity index (χ4n) is 9.33. The van der Waals surface area contributed by atoms with Crippen molar-refractivity contribution in [1.29, 1.82) is 0 Å². The Labute approximate surface area is 317 Å². The number of aromatic nitrogens is 2. The number of hydrogen-bond acceptors (Lipinski definition) is 2. The zero-order valence-electron chi connectivity index (χ0n) is 30.4. The lowest BCUT2D eigenvalue weighted by molar-refractivity contribution is 0.422. The Kier molecular flexibility index (Phi) is 6.09. The van der Waals surface area contributed by atoms with Gasteiger partial charge in [0.05, 0.1) is 27.5 Å². The summed E-state index contributed by atoms with van der Waals surface area (Å²) in [5, 5.41) is 7.05. The van der Waals surface area contributed by atoms with Gasteiger partial charge in [0, 0.05) is 60.9 Å². The van der Waals surface area contributed by atoms with Crippen molar-refractivity contribution in [2.45, 2.75) is 19.3 Å². The van der Waals surface area contributed by atoms with Crippen LogP contribution in [0.5, 0.6) is 11.5 Å². The fraction of sp³-hybridized carbons (Fsp3) is 0.0588. The molecule has 0 saturated heterocycles. The zero-order valence-corrected chi connectivity index (χ0v) is 30.4. The second-order valence-electron chi connectivity index (χ2n) is 15.3. The summed E-state index contributed by atoms with van der Waals surface area (Å²) >= 11 is 0. The fourth-order valence-corrected chi connectivity index (χ4v) is 9.33. The first-order chi connectivity index (χ1) is 27.0. The van der Waals surface area contributed by atoms with Crippen molar-refractivity contribution in [2.24, 2.45) is 0 Å². The molecule has 0 unspecified atom stereocenters. The average molecular weight is 707 g/mol. The second-order valence-corrected chi connectivity index (χ2v) is 15.3. The molecule has 12 rings (SSSR count). The quantitative estimate of drug-likeness (QED) is 0.183. The van der Waals surface area contributed by atoms with Gasteiger partial charge < -0.3 is 18.3 Å². The molecule has 0 bridgehead atoms. The lowest BCUT2D eigenvalue weighted by atomic mass is 9.75. The molecule has 0 radical (unpaired) electrons. The maximum Gasteiger partial charge on any atom is 0.143 e. The molecule has 4 heterocycles. The molecule has 3 aromatic heterocycles. The maximum atomic E-state index is 6.96. The van der Waals surface area contributed by atoms with E-state index in [1.807, 2.05) is 12.1 Å². The van der Waals surface area contributed by atoms with E-state index in [0.29, 0.717) is 0 Å². The standard InChI is InChI=1S/C51H34N2O2/c1-51(2)40-24-22-34(30-48(40)55-50-41(51)25-27-47-49(50)38-16-8-11-19-46(38)54-47)53-43-18-10-7-15-36(43)39-28-31(21-26-44(39)53)32-20-23-37-35-14-6-9-17-42(35)52(45(37)29-32)33-12-4-3-5-13-33/h3-30H,1-2H3. The zero-order chi connectivity index (χ0) is 36.4. The normalized spacial score (nSPS) is 13.6. The minimum absolute atomic E-state index is 0.267. The second kappa shape index (κ2) is 11.0. The number of rotatable bonds is 3. The van der Waals surface area contributed by atoms with E-state index in [1.54, 1.807) is 0 Å². The molecule has 11 aromatic rings. The minimum atomic E-state index is -0.267. The molecule has 0 atom stereocenters. The summed E-state index contributed by atoms with van der Waals surface area (Å²) in [7, 11) is 0. The van der Waals surface area contributed by atoms with Crippen LogP contribution in [0.1, 0.15) is 25.0 Å². The number of hydrogen-bond donors (Lipinski definition) is 0. The third-order valence-corrected chi connectivity index (χ3v) is 12.0. The third kappa shape index (κ3) is 4.22. The smallest absolute Gasteiger partial charge is 0.143 e. The monoisotopic (exact) mass is 706 g/mol. The Hall–Kier alpha value is -7.04. The molecular formula is C51H34N2O2. The molecule has 0 fully saturated rings. The van der Waals surface area contributed by atoms with Gasteiger partial charge in [0.2, 0.25) is 0 Å². The van der Waals surface area contributed by atoms with Crippen LogP contribution in [-0.2, 0) is 5.41 Å². The average Bonchev–Trinajstić information content (AvgIpc) is 3.88. The Morgan fingerprint density at radius 1 is 0.418 bits per heavy atom. The van der Waals surface area contributed by atoms with Gasteiger partial charge in [0.15, 0.2) is 0 Å². The van der Waals surface area contributed by atoms with Gasteiger partial charge in [-0.15, -0.1) is 0 Å². The van der Waals surface area contributed by atoms with Crippen LogP contribution in [0.4, 0.5) is 0 Å². The third-order valence-electron chi connectivity index (χ3n) is 12.0. The van der Waals surface area contributed by atoms with Crippen molar-refractivity contribution in [3.8, 4) is 34.0 Å². The number of fused-ring (bicyclic) bond motifs is 12. The summed E-state index contributed by atoms with van der Waals surface area (Å²) < 4.78 is 18.0. The molecule has 0 saturated carbocycles. The first-order valence-electron chi connectivity index (χ1n) is 18.9. The highest BCUT2D eigenvalue weighted by Gasteiger charge is 2.36. The minimum Gasteiger partial charge on any atom is -0.456 e. The van der Waals surface area contributed by atoms with Crippen molar-refractivity contribution in [1.82, 2.24) is 9.13 Å². The summed E-state index contributed by atoms with van der Waals surface area (Å²) in [5.74, 6) is 1.75. The van der Waals surface area contributed by atoms with Crippen LogP contribution in [0.2, 0.25) is 0 Å². The number of benzene rings is 8. The van der Waals surface area contributed by atoms with Crippen LogP contribution in [0.15, 0.2) is 174 Å². The van der Waals surface area contributed by atoms with Crippen molar-refractivity contribution < 1.29 is 9.15 Å². The summed E-state index contributed by atoms with van der Waals surface area (Å²) in [6, 6.07) is 61.1. The van der Waals surface area contributed by atoms with E-state index in [1.165, 1.54) is 54.8 Å². The van der Waals surface area contributed by atoms with Crippen molar-refractivity contribution >= 4 is 65.6 Å². The first kappa shape index (κ1) is 30.4. The van der Waals surface area contributed by atoms with Crippen LogP contribution in [0.3, 0.4) is 0 Å². The van der Waals surface area contributed by atoms with E-state index in [4.69, 9.17) is 9.15 Å². The highest BCUT2D eigenvalue weighted by Crippen LogP contribution is 2.53. The van der Waals surface area contributed by atoms with Gasteiger partial charge in [-0.25, -0.2) is 0 Å². The van der Waals surface area contributed by atoms with Gasteiger partial charge in [-0.1, -0.05) is 117 Å². The number of ether oxygens (including phenoxy) is 1. The number of para-hydroxylation sites is 4. The molecule has 4 nitrogen and oxygen atoms in total. The Morgan fingerprint density at radius 3 is 1.85 bits per heavy atom. The van der Waals surface area contributed by atoms with E-state index in [-0.39, 0.29) is 5.41 Å². The summed E-state index contributed by atoms with van der Waals surface area (Å²) in [4.78, 5) is 0. The van der Waals surface area contributed by atoms with Crippen molar-refractivity contribution in [3.63, 3.8) is 0 Å². The molecule has 55 heavy (non-hydrogen) atoms. The first-order valence-corrected chi connectivity index (χ1v) is 18.9. The molecule has 8 aromatic carbocycles. The predicted octanol–water partition coefficient (Wildman–Crippen LogP) is 13.9. The van der Waals surface area contributed by atoms with Crippen molar-refractivity contribution in [2.75, 3.05) is 0 Å². The van der Waals surface area contributed by atoms with Gasteiger partial charge in [0.1, 0.15) is 22.7 Å².